The van der Waals surface area contributed by atoms with Crippen LogP contribution in [-0.2, 0) is 22.6 Å². The summed E-state index contributed by atoms with van der Waals surface area (Å²) < 4.78 is 5.24. The van der Waals surface area contributed by atoms with Gasteiger partial charge in [0.1, 0.15) is 18.1 Å². The highest BCUT2D eigenvalue weighted by molar-refractivity contribution is 7.99. The lowest BCUT2D eigenvalue weighted by atomic mass is 9.98. The summed E-state index contributed by atoms with van der Waals surface area (Å²) in [6, 6.07) is 14.9. The van der Waals surface area contributed by atoms with E-state index in [1.165, 1.54) is 22.9 Å². The molecule has 2 atom stereocenters. The van der Waals surface area contributed by atoms with Crippen molar-refractivity contribution in [2.24, 2.45) is 0 Å². The predicted octanol–water partition coefficient (Wildman–Crippen LogP) is 3.55. The number of benzene rings is 2. The molecule has 0 saturated heterocycles. The van der Waals surface area contributed by atoms with E-state index >= 15 is 0 Å². The Morgan fingerprint density at radius 2 is 1.75 bits per heavy atom. The number of carbonyl (C=O) groups is 3. The summed E-state index contributed by atoms with van der Waals surface area (Å²) in [6.07, 6.45) is 0.0499. The Morgan fingerprint density at radius 1 is 1.02 bits per heavy atom. The molecule has 0 aliphatic rings. The van der Waals surface area contributed by atoms with Crippen LogP contribution in [0.5, 0.6) is 5.75 Å². The first-order valence-electron chi connectivity index (χ1n) is 13.1. The predicted molar refractivity (Wildman–Crippen MR) is 155 cm³/mol. The largest absolute Gasteiger partial charge is 0.507 e. The van der Waals surface area contributed by atoms with Crippen molar-refractivity contribution in [3.63, 3.8) is 0 Å². The second-order valence-electron chi connectivity index (χ2n) is 9.85. The summed E-state index contributed by atoms with van der Waals surface area (Å²) in [5.41, 5.74) is 2.08. The number of aliphatic hydroxyl groups excluding tert-OH is 1. The van der Waals surface area contributed by atoms with Gasteiger partial charge >= 0.3 is 0 Å². The number of hydrogen-bond donors (Lipinski definition) is 4. The van der Waals surface area contributed by atoms with E-state index in [-0.39, 0.29) is 42.0 Å². The van der Waals surface area contributed by atoms with Gasteiger partial charge in [0.05, 0.1) is 24.7 Å². The third-order valence-electron chi connectivity index (χ3n) is 6.38. The zero-order valence-electron chi connectivity index (χ0n) is 23.2. The van der Waals surface area contributed by atoms with Crippen LogP contribution in [-0.4, -0.2) is 62.7 Å². The smallest absolute Gasteiger partial charge is 0.254 e. The monoisotopic (exact) mass is 567 g/mol. The molecule has 3 rings (SSSR count). The van der Waals surface area contributed by atoms with Crippen LogP contribution in [0.15, 0.2) is 65.3 Å². The van der Waals surface area contributed by atoms with Crippen molar-refractivity contribution in [1.29, 1.82) is 0 Å². The number of carbonyl (C=O) groups excluding carboxylic acids is 3. The fourth-order valence-corrected chi connectivity index (χ4v) is 4.75. The van der Waals surface area contributed by atoms with Gasteiger partial charge in [-0.25, -0.2) is 0 Å². The molecule has 0 spiro atoms. The average Bonchev–Trinajstić information content (AvgIpc) is 3.46. The highest BCUT2D eigenvalue weighted by atomic mass is 32.2. The van der Waals surface area contributed by atoms with Gasteiger partial charge in [0.25, 0.3) is 11.8 Å². The second-order valence-corrected chi connectivity index (χ2v) is 11.4. The summed E-state index contributed by atoms with van der Waals surface area (Å²) in [4.78, 5) is 40.9. The topological polar surface area (TPSA) is 132 Å². The van der Waals surface area contributed by atoms with Crippen LogP contribution >= 0.6 is 11.8 Å². The highest BCUT2D eigenvalue weighted by Gasteiger charge is 2.33. The van der Waals surface area contributed by atoms with E-state index in [9.17, 15) is 24.6 Å². The third kappa shape index (κ3) is 8.62. The van der Waals surface area contributed by atoms with Crippen molar-refractivity contribution in [3.8, 4) is 5.75 Å². The lowest BCUT2D eigenvalue weighted by Gasteiger charge is -2.30. The first-order valence-corrected chi connectivity index (χ1v) is 14.1. The molecule has 9 nitrogen and oxygen atoms in total. The van der Waals surface area contributed by atoms with Gasteiger partial charge in [-0.1, -0.05) is 50.2 Å². The number of thioether (sulfide) groups is 1. The molecule has 3 amide bonds. The van der Waals surface area contributed by atoms with E-state index in [1.54, 1.807) is 38.1 Å². The summed E-state index contributed by atoms with van der Waals surface area (Å²) in [5, 5.41) is 27.4. The van der Waals surface area contributed by atoms with E-state index in [2.05, 4.69) is 10.6 Å². The molecule has 1 heterocycles. The molecule has 3 aromatic rings. The van der Waals surface area contributed by atoms with Gasteiger partial charge in [-0.3, -0.25) is 14.4 Å². The van der Waals surface area contributed by atoms with E-state index in [0.29, 0.717) is 16.9 Å². The molecule has 10 heteroatoms. The Kier molecular flexibility index (Phi) is 11.2. The van der Waals surface area contributed by atoms with Crippen LogP contribution in [0, 0.1) is 13.8 Å². The van der Waals surface area contributed by atoms with Crippen molar-refractivity contribution in [1.82, 2.24) is 15.5 Å². The molecule has 0 aliphatic carbocycles. The maximum Gasteiger partial charge on any atom is 0.254 e. The molecule has 2 aromatic carbocycles. The minimum Gasteiger partial charge on any atom is -0.507 e. The average molecular weight is 568 g/mol. The van der Waals surface area contributed by atoms with Crippen molar-refractivity contribution in [2.75, 3.05) is 12.4 Å². The highest BCUT2D eigenvalue weighted by Crippen LogP contribution is 2.25. The van der Waals surface area contributed by atoms with Crippen molar-refractivity contribution < 1.29 is 29.0 Å². The van der Waals surface area contributed by atoms with Crippen LogP contribution in [0.25, 0.3) is 0 Å². The molecular formula is C30H37N3O6S. The van der Waals surface area contributed by atoms with Gasteiger partial charge in [0.15, 0.2) is 6.10 Å². The molecule has 0 fully saturated rings. The quantitative estimate of drug-likeness (QED) is 0.232. The SMILES string of the molecule is Cc1ccc(C(=O)N[C@@H](Cc2ccccc2)[C@H](O)C(=O)N(CSC(C)C)CC(=O)NCc2ccco2)c(C)c1O. The maximum atomic E-state index is 13.6. The number of aryl methyl sites for hydroxylation is 1. The van der Waals surface area contributed by atoms with Gasteiger partial charge < -0.3 is 30.2 Å². The van der Waals surface area contributed by atoms with Crippen molar-refractivity contribution in [2.45, 2.75) is 58.1 Å². The summed E-state index contributed by atoms with van der Waals surface area (Å²) in [7, 11) is 0. The molecule has 0 aliphatic heterocycles. The number of rotatable bonds is 13. The van der Waals surface area contributed by atoms with Crippen molar-refractivity contribution >= 4 is 29.5 Å². The van der Waals surface area contributed by atoms with Gasteiger partial charge in [-0.15, -0.1) is 11.8 Å². The molecule has 214 valence electrons. The first-order chi connectivity index (χ1) is 19.1. The number of aliphatic hydroxyl groups is 1. The number of nitrogens with one attached hydrogen (secondary N) is 2. The van der Waals surface area contributed by atoms with Crippen LogP contribution < -0.4 is 10.6 Å². The lowest BCUT2D eigenvalue weighted by Crippen LogP contribution is -2.54. The molecule has 0 saturated carbocycles. The van der Waals surface area contributed by atoms with Crippen LogP contribution in [0.3, 0.4) is 0 Å². The van der Waals surface area contributed by atoms with E-state index in [4.69, 9.17) is 4.42 Å². The minimum atomic E-state index is -1.63. The number of phenols is 1. The minimum absolute atomic E-state index is 0.0151. The summed E-state index contributed by atoms with van der Waals surface area (Å²) >= 11 is 1.45. The summed E-state index contributed by atoms with van der Waals surface area (Å²) in [5.74, 6) is -0.840. The van der Waals surface area contributed by atoms with Crippen molar-refractivity contribution in [3.05, 3.63) is 88.9 Å². The zero-order chi connectivity index (χ0) is 29.2. The molecule has 40 heavy (non-hydrogen) atoms. The van der Waals surface area contributed by atoms with E-state index in [0.717, 1.165) is 5.56 Å². The number of nitrogens with zero attached hydrogens (tertiary/aromatic N) is 1. The van der Waals surface area contributed by atoms with Crippen LogP contribution in [0.4, 0.5) is 0 Å². The number of hydrogen-bond acceptors (Lipinski definition) is 7. The number of furan rings is 1. The van der Waals surface area contributed by atoms with Gasteiger partial charge in [-0.2, -0.15) is 0 Å². The standard InChI is InChI=1S/C30H37N3O6S/c1-19(2)40-18-33(17-26(34)31-16-23-11-8-14-39-23)30(38)28(36)25(15-22-9-6-5-7-10-22)32-29(37)24-13-12-20(3)27(35)21(24)4/h5-14,19,25,28,35-36H,15-18H2,1-4H3,(H,31,34)(H,32,37)/t25-,28-/m0/s1. The normalized spacial score (nSPS) is 12.6. The maximum absolute atomic E-state index is 13.6. The third-order valence-corrected chi connectivity index (χ3v) is 7.50. The second kappa shape index (κ2) is 14.6. The Bertz CT molecular complexity index is 1280. The summed E-state index contributed by atoms with van der Waals surface area (Å²) in [6.45, 7) is 7.21. The Hall–Kier alpha value is -3.76. The molecule has 0 bridgehead atoms. The van der Waals surface area contributed by atoms with E-state index < -0.39 is 29.9 Å². The molecule has 4 N–H and O–H groups in total. The van der Waals surface area contributed by atoms with Crippen LogP contribution in [0.1, 0.15) is 46.7 Å². The molecule has 1 aromatic heterocycles. The van der Waals surface area contributed by atoms with Gasteiger partial charge in [-0.05, 0) is 49.6 Å². The number of aromatic hydroxyl groups is 1. The zero-order valence-corrected chi connectivity index (χ0v) is 24.0. The fourth-order valence-electron chi connectivity index (χ4n) is 4.05. The fraction of sp³-hybridized carbons (Fsp3) is 0.367. The van der Waals surface area contributed by atoms with Gasteiger partial charge in [0, 0.05) is 16.4 Å². The first kappa shape index (κ1) is 30.8. The van der Waals surface area contributed by atoms with E-state index in [1.807, 2.05) is 44.2 Å². The number of phenolic OH excluding ortho intramolecular Hbond substituents is 1. The van der Waals surface area contributed by atoms with Crippen LogP contribution in [0.2, 0.25) is 0 Å². The molecular weight excluding hydrogens is 530 g/mol. The Labute approximate surface area is 239 Å². The molecule has 0 radical (unpaired) electrons. The molecule has 0 unspecified atom stereocenters. The number of amides is 3. The Balaban J connectivity index is 1.81. The van der Waals surface area contributed by atoms with Gasteiger partial charge in [0.2, 0.25) is 5.91 Å². The Morgan fingerprint density at radius 3 is 2.40 bits per heavy atom. The lowest BCUT2D eigenvalue weighted by molar-refractivity contribution is -0.143.